The Morgan fingerprint density at radius 1 is 1.22 bits per heavy atom. The lowest BCUT2D eigenvalue weighted by Gasteiger charge is -2.35. The number of nitrogen functional groups attached to an aromatic ring is 1. The van der Waals surface area contributed by atoms with E-state index >= 15 is 0 Å². The Kier molecular flexibility index (Phi) is 3.91. The van der Waals surface area contributed by atoms with Crippen molar-refractivity contribution in [2.45, 2.75) is 31.8 Å². The van der Waals surface area contributed by atoms with Crippen LogP contribution in [0.4, 0.5) is 5.82 Å². The van der Waals surface area contributed by atoms with Crippen molar-refractivity contribution in [1.29, 1.82) is 0 Å². The Morgan fingerprint density at radius 2 is 1.96 bits per heavy atom. The minimum Gasteiger partial charge on any atom is -0.493 e. The summed E-state index contributed by atoms with van der Waals surface area (Å²) < 4.78 is 12.9. The predicted octanol–water partition coefficient (Wildman–Crippen LogP) is 2.16. The van der Waals surface area contributed by atoms with Crippen LogP contribution in [-0.2, 0) is 4.74 Å². The fourth-order valence-corrected chi connectivity index (χ4v) is 4.70. The van der Waals surface area contributed by atoms with Crippen LogP contribution in [-0.4, -0.2) is 59.1 Å². The molecule has 2 aliphatic heterocycles. The standard InChI is InChI=1S/C20H27N5O2/c1-11(2)25-17(19-14-7-24(8-15(14)19)13-9-27-10-13)5-16(23-25)12-4-18(26-3)20(21)22-6-12/h4-6,11,13-15,19H,7-10H2,1-3H3,(H2,21,22). The lowest BCUT2D eigenvalue weighted by Crippen LogP contribution is -2.48. The Hall–Kier alpha value is -2.12. The fourth-order valence-electron chi connectivity index (χ4n) is 4.70. The highest BCUT2D eigenvalue weighted by atomic mass is 16.5. The number of piperidine rings is 1. The van der Waals surface area contributed by atoms with Gasteiger partial charge in [-0.1, -0.05) is 0 Å². The summed E-state index contributed by atoms with van der Waals surface area (Å²) in [6.07, 6.45) is 1.78. The molecule has 2 unspecified atom stereocenters. The van der Waals surface area contributed by atoms with E-state index in [2.05, 4.69) is 34.5 Å². The summed E-state index contributed by atoms with van der Waals surface area (Å²) in [5, 5.41) is 4.90. The van der Waals surface area contributed by atoms with Crippen LogP contribution in [0.2, 0.25) is 0 Å². The number of hydrogen-bond donors (Lipinski definition) is 1. The van der Waals surface area contributed by atoms with E-state index in [0.717, 1.165) is 36.3 Å². The number of nitrogens with zero attached hydrogens (tertiary/aromatic N) is 4. The van der Waals surface area contributed by atoms with Crippen molar-refractivity contribution in [2.75, 3.05) is 39.1 Å². The van der Waals surface area contributed by atoms with E-state index in [-0.39, 0.29) is 0 Å². The first-order chi connectivity index (χ1) is 13.1. The van der Waals surface area contributed by atoms with Crippen LogP contribution in [0.25, 0.3) is 11.3 Å². The van der Waals surface area contributed by atoms with Gasteiger partial charge in [-0.2, -0.15) is 5.10 Å². The summed E-state index contributed by atoms with van der Waals surface area (Å²) in [5.41, 5.74) is 9.11. The molecule has 0 radical (unpaired) electrons. The molecule has 7 heteroatoms. The fraction of sp³-hybridized carbons (Fsp3) is 0.600. The molecular formula is C20H27N5O2. The molecule has 2 aromatic rings. The second-order valence-corrected chi connectivity index (χ2v) is 8.30. The average Bonchev–Trinajstić information content (AvgIpc) is 2.98. The predicted molar refractivity (Wildman–Crippen MR) is 103 cm³/mol. The highest BCUT2D eigenvalue weighted by Gasteiger charge is 2.58. The van der Waals surface area contributed by atoms with Gasteiger partial charge in [0.25, 0.3) is 0 Å². The van der Waals surface area contributed by atoms with E-state index < -0.39 is 0 Å². The monoisotopic (exact) mass is 369 g/mol. The summed E-state index contributed by atoms with van der Waals surface area (Å²) in [5.74, 6) is 3.13. The first-order valence-corrected chi connectivity index (χ1v) is 9.78. The number of methoxy groups -OCH3 is 1. The number of ether oxygens (including phenoxy) is 2. The Morgan fingerprint density at radius 3 is 2.56 bits per heavy atom. The lowest BCUT2D eigenvalue weighted by atomic mass is 10.1. The molecule has 0 spiro atoms. The molecule has 1 saturated carbocycles. The molecule has 0 amide bonds. The lowest BCUT2D eigenvalue weighted by molar-refractivity contribution is -0.0610. The number of anilines is 1. The molecule has 0 bridgehead atoms. The van der Waals surface area contributed by atoms with Crippen molar-refractivity contribution in [3.05, 3.63) is 24.0 Å². The molecule has 144 valence electrons. The van der Waals surface area contributed by atoms with Crippen molar-refractivity contribution in [2.24, 2.45) is 11.8 Å². The van der Waals surface area contributed by atoms with Gasteiger partial charge < -0.3 is 15.2 Å². The third-order valence-electron chi connectivity index (χ3n) is 6.35. The van der Waals surface area contributed by atoms with Gasteiger partial charge in [-0.15, -0.1) is 0 Å². The van der Waals surface area contributed by atoms with Gasteiger partial charge in [0.2, 0.25) is 0 Å². The van der Waals surface area contributed by atoms with E-state index in [9.17, 15) is 0 Å². The number of fused-ring (bicyclic) bond motifs is 1. The van der Waals surface area contributed by atoms with Crippen molar-refractivity contribution >= 4 is 5.82 Å². The Labute approximate surface area is 159 Å². The van der Waals surface area contributed by atoms with Crippen LogP contribution >= 0.6 is 0 Å². The smallest absolute Gasteiger partial charge is 0.166 e. The van der Waals surface area contributed by atoms with Gasteiger partial charge in [-0.05, 0) is 37.8 Å². The summed E-state index contributed by atoms with van der Waals surface area (Å²) in [6.45, 7) is 8.59. The molecule has 2 aromatic heterocycles. The van der Waals surface area contributed by atoms with E-state index in [4.69, 9.17) is 20.3 Å². The van der Waals surface area contributed by atoms with Crippen molar-refractivity contribution in [1.82, 2.24) is 19.7 Å². The third kappa shape index (κ3) is 2.72. The van der Waals surface area contributed by atoms with Crippen LogP contribution in [0.15, 0.2) is 18.3 Å². The minimum absolute atomic E-state index is 0.329. The topological polar surface area (TPSA) is 78.4 Å². The second kappa shape index (κ2) is 6.21. The molecule has 2 N–H and O–H groups in total. The summed E-state index contributed by atoms with van der Waals surface area (Å²) in [4.78, 5) is 6.87. The maximum Gasteiger partial charge on any atom is 0.166 e. The highest BCUT2D eigenvalue weighted by Crippen LogP contribution is 2.59. The van der Waals surface area contributed by atoms with Gasteiger partial charge in [-0.3, -0.25) is 9.58 Å². The highest BCUT2D eigenvalue weighted by molar-refractivity contribution is 5.64. The summed E-state index contributed by atoms with van der Waals surface area (Å²) >= 11 is 0. The zero-order valence-electron chi connectivity index (χ0n) is 16.1. The largest absolute Gasteiger partial charge is 0.493 e. The summed E-state index contributed by atoms with van der Waals surface area (Å²) in [7, 11) is 1.61. The normalized spacial score (nSPS) is 27.6. The van der Waals surface area contributed by atoms with Crippen molar-refractivity contribution < 1.29 is 9.47 Å². The van der Waals surface area contributed by atoms with E-state index in [1.54, 1.807) is 13.3 Å². The van der Waals surface area contributed by atoms with E-state index in [1.807, 2.05) is 6.07 Å². The second-order valence-electron chi connectivity index (χ2n) is 8.30. The first-order valence-electron chi connectivity index (χ1n) is 9.78. The van der Waals surface area contributed by atoms with Gasteiger partial charge >= 0.3 is 0 Å². The maximum atomic E-state index is 5.86. The SMILES string of the molecule is COc1cc(-c2cc(C3C4CN(C5COC5)CC43)n(C(C)C)n2)cnc1N. The van der Waals surface area contributed by atoms with Crippen LogP contribution in [0.1, 0.15) is 31.5 Å². The van der Waals surface area contributed by atoms with Crippen LogP contribution in [0.5, 0.6) is 5.75 Å². The van der Waals surface area contributed by atoms with E-state index in [0.29, 0.717) is 29.6 Å². The van der Waals surface area contributed by atoms with Crippen molar-refractivity contribution in [3.8, 4) is 17.0 Å². The molecule has 3 aliphatic rings. The number of rotatable bonds is 5. The number of nitrogens with two attached hydrogens (primary N) is 1. The first kappa shape index (κ1) is 17.0. The molecule has 4 heterocycles. The molecule has 27 heavy (non-hydrogen) atoms. The molecule has 2 atom stereocenters. The number of hydrogen-bond acceptors (Lipinski definition) is 6. The molecule has 3 fully saturated rings. The van der Waals surface area contributed by atoms with Gasteiger partial charge in [-0.25, -0.2) is 4.98 Å². The minimum atomic E-state index is 0.329. The average molecular weight is 369 g/mol. The van der Waals surface area contributed by atoms with Crippen molar-refractivity contribution in [3.63, 3.8) is 0 Å². The van der Waals surface area contributed by atoms with Crippen LogP contribution < -0.4 is 10.5 Å². The zero-order valence-corrected chi connectivity index (χ0v) is 16.1. The number of pyridine rings is 1. The molecular weight excluding hydrogens is 342 g/mol. The molecule has 5 rings (SSSR count). The summed E-state index contributed by atoms with van der Waals surface area (Å²) in [6, 6.07) is 5.14. The van der Waals surface area contributed by atoms with Crippen LogP contribution in [0.3, 0.4) is 0 Å². The van der Waals surface area contributed by atoms with Gasteiger partial charge in [0.15, 0.2) is 11.6 Å². The number of likely N-dealkylation sites (tertiary alicyclic amines) is 1. The van der Waals surface area contributed by atoms with Gasteiger partial charge in [0.05, 0.1) is 32.1 Å². The van der Waals surface area contributed by atoms with Gasteiger partial charge in [0, 0.05) is 42.5 Å². The molecule has 0 aromatic carbocycles. The molecule has 7 nitrogen and oxygen atoms in total. The Bertz CT molecular complexity index is 848. The van der Waals surface area contributed by atoms with Crippen LogP contribution in [0, 0.1) is 11.8 Å². The maximum absolute atomic E-state index is 5.86. The number of aromatic nitrogens is 3. The Balaban J connectivity index is 1.41. The zero-order chi connectivity index (χ0) is 18.7. The molecule has 1 aliphatic carbocycles. The third-order valence-corrected chi connectivity index (χ3v) is 6.35. The quantitative estimate of drug-likeness (QED) is 0.870. The van der Waals surface area contributed by atoms with E-state index in [1.165, 1.54) is 18.8 Å². The van der Waals surface area contributed by atoms with Gasteiger partial charge in [0.1, 0.15) is 0 Å². The molecule has 2 saturated heterocycles.